The Hall–Kier alpha value is -4.23. The first-order valence-corrected chi connectivity index (χ1v) is 21.1. The van der Waals surface area contributed by atoms with Crippen molar-refractivity contribution in [3.63, 3.8) is 0 Å². The summed E-state index contributed by atoms with van der Waals surface area (Å²) in [6.07, 6.45) is -2.25. The number of halogens is 3. The Morgan fingerprint density at radius 1 is 0.571 bits per heavy atom. The average molecular weight is 756 g/mol. The van der Waals surface area contributed by atoms with Gasteiger partial charge in [-0.2, -0.15) is 13.2 Å². The van der Waals surface area contributed by atoms with E-state index in [2.05, 4.69) is 5.43 Å². The number of nitrogens with two attached hydrogens (primary N) is 1. The van der Waals surface area contributed by atoms with E-state index in [9.17, 15) is 33.7 Å². The second kappa shape index (κ2) is 12.0. The van der Waals surface area contributed by atoms with Crippen molar-refractivity contribution >= 4 is 50.8 Å². The molecule has 260 valence electrons. The third-order valence-corrected chi connectivity index (χ3v) is 12.2. The molecule has 0 saturated carbocycles. The van der Waals surface area contributed by atoms with Gasteiger partial charge in [-0.15, -0.1) is 0 Å². The van der Waals surface area contributed by atoms with Crippen LogP contribution in [0.25, 0.3) is 5.57 Å². The van der Waals surface area contributed by atoms with E-state index < -0.39 is 62.5 Å². The molecule has 1 heterocycles. The maximum Gasteiger partial charge on any atom is 0.433 e. The molecular formula is C31H28F3N3O8S4. The molecule has 1 unspecified atom stereocenters. The Labute approximate surface area is 281 Å². The largest absolute Gasteiger partial charge is 0.433 e. The minimum Gasteiger partial charge on any atom is -0.292 e. The lowest BCUT2D eigenvalue weighted by Crippen LogP contribution is -2.50. The molecule has 1 aliphatic rings. The van der Waals surface area contributed by atoms with Crippen LogP contribution in [0.3, 0.4) is 0 Å². The Kier molecular flexibility index (Phi) is 8.81. The fourth-order valence-corrected chi connectivity index (χ4v) is 8.02. The van der Waals surface area contributed by atoms with E-state index in [-0.39, 0.29) is 42.0 Å². The van der Waals surface area contributed by atoms with E-state index >= 15 is 13.2 Å². The highest BCUT2D eigenvalue weighted by atomic mass is 32.2. The molecule has 0 aliphatic carbocycles. The number of hydrogen-bond acceptors (Lipinski definition) is 10. The summed E-state index contributed by atoms with van der Waals surface area (Å²) < 4.78 is 144. The number of sulfone groups is 3. The molecule has 0 saturated heterocycles. The number of anilines is 1. The fourth-order valence-electron chi connectivity index (χ4n) is 5.61. The number of hydrazine groups is 1. The maximum atomic E-state index is 15.2. The Morgan fingerprint density at radius 2 is 0.918 bits per heavy atom. The second-order valence-corrected chi connectivity index (χ2v) is 18.9. The van der Waals surface area contributed by atoms with Crippen LogP contribution in [0.1, 0.15) is 16.7 Å². The standard InChI is InChI=1S/C31H28F3N3O8S4/c1-46(38,39)24-12-4-20(5-13-24)28-29(31(32,33)34)36-37(23-10-18-26(19-11-23)48(3,42)43)30(28,21-6-14-25(15-7-21)47(2,40)41)22-8-16-27(17-9-22)49(35,44)45/h4-19,36H,1-3H3,(H2,35,44,45). The Bertz CT molecular complexity index is 2340. The van der Waals surface area contributed by atoms with Crippen molar-refractivity contribution in [2.24, 2.45) is 5.14 Å². The van der Waals surface area contributed by atoms with Gasteiger partial charge in [0.1, 0.15) is 11.2 Å². The lowest BCUT2D eigenvalue weighted by atomic mass is 9.73. The molecule has 5 rings (SSSR count). The molecule has 0 bridgehead atoms. The molecule has 4 aromatic carbocycles. The molecule has 18 heteroatoms. The van der Waals surface area contributed by atoms with Gasteiger partial charge in [-0.25, -0.2) is 38.8 Å². The van der Waals surface area contributed by atoms with Crippen LogP contribution in [0.2, 0.25) is 0 Å². The smallest absolute Gasteiger partial charge is 0.292 e. The SMILES string of the molecule is CS(=O)(=O)c1ccc(C2=C(C(F)(F)F)NN(c3ccc(S(C)(=O)=O)cc3)C2(c2ccc(S(C)(=O)=O)cc2)c2ccc(S(N)(=O)=O)cc2)cc1. The van der Waals surface area contributed by atoms with E-state index in [0.717, 1.165) is 48.0 Å². The summed E-state index contributed by atoms with van der Waals surface area (Å²) >= 11 is 0. The predicted molar refractivity (Wildman–Crippen MR) is 176 cm³/mol. The molecule has 0 amide bonds. The minimum absolute atomic E-state index is 0.0135. The highest BCUT2D eigenvalue weighted by Crippen LogP contribution is 2.55. The summed E-state index contributed by atoms with van der Waals surface area (Å²) in [7, 11) is -15.5. The van der Waals surface area contributed by atoms with Crippen LogP contribution < -0.4 is 15.6 Å². The highest BCUT2D eigenvalue weighted by molar-refractivity contribution is 7.91. The zero-order valence-corrected chi connectivity index (χ0v) is 29.1. The van der Waals surface area contributed by atoms with Crippen molar-refractivity contribution in [1.82, 2.24) is 5.43 Å². The van der Waals surface area contributed by atoms with Gasteiger partial charge in [-0.1, -0.05) is 36.4 Å². The molecule has 1 atom stereocenters. The summed E-state index contributed by atoms with van der Waals surface area (Å²) in [4.78, 5) is -0.806. The van der Waals surface area contributed by atoms with Gasteiger partial charge in [0.25, 0.3) is 0 Å². The molecule has 4 aromatic rings. The van der Waals surface area contributed by atoms with Gasteiger partial charge in [0.05, 0.1) is 25.3 Å². The zero-order valence-electron chi connectivity index (χ0n) is 25.8. The quantitative estimate of drug-likeness (QED) is 0.269. The second-order valence-electron chi connectivity index (χ2n) is 11.3. The summed E-state index contributed by atoms with van der Waals surface area (Å²) in [6, 6.07) is 19.3. The molecule has 11 nitrogen and oxygen atoms in total. The maximum absolute atomic E-state index is 15.2. The van der Waals surface area contributed by atoms with Gasteiger partial charge in [0.2, 0.25) is 10.0 Å². The van der Waals surface area contributed by atoms with Crippen molar-refractivity contribution in [3.8, 4) is 0 Å². The van der Waals surface area contributed by atoms with E-state index in [1.807, 2.05) is 0 Å². The lowest BCUT2D eigenvalue weighted by Gasteiger charge is -2.42. The van der Waals surface area contributed by atoms with Crippen LogP contribution in [0.5, 0.6) is 0 Å². The normalized spacial score (nSPS) is 17.7. The van der Waals surface area contributed by atoms with Crippen LogP contribution in [0.4, 0.5) is 18.9 Å². The number of sulfonamides is 1. The molecule has 0 radical (unpaired) electrons. The molecule has 49 heavy (non-hydrogen) atoms. The Balaban J connectivity index is 1.96. The number of nitrogens with one attached hydrogen (secondary N) is 1. The number of rotatable bonds is 8. The monoisotopic (exact) mass is 755 g/mol. The number of benzene rings is 4. The third-order valence-electron chi connectivity index (χ3n) is 7.85. The molecule has 3 N–H and O–H groups in total. The summed E-state index contributed by atoms with van der Waals surface area (Å²) in [5.74, 6) is 0. The first kappa shape index (κ1) is 36.1. The highest BCUT2D eigenvalue weighted by Gasteiger charge is 2.56. The van der Waals surface area contributed by atoms with Crippen molar-refractivity contribution in [3.05, 3.63) is 119 Å². The van der Waals surface area contributed by atoms with E-state index in [1.54, 1.807) is 0 Å². The lowest BCUT2D eigenvalue weighted by molar-refractivity contribution is -0.0952. The van der Waals surface area contributed by atoms with Crippen molar-refractivity contribution < 1.29 is 46.8 Å². The van der Waals surface area contributed by atoms with Crippen molar-refractivity contribution in [1.29, 1.82) is 0 Å². The third kappa shape index (κ3) is 6.83. The van der Waals surface area contributed by atoms with Gasteiger partial charge in [0.15, 0.2) is 29.5 Å². The van der Waals surface area contributed by atoms with Gasteiger partial charge >= 0.3 is 6.18 Å². The van der Waals surface area contributed by atoms with Gasteiger partial charge < -0.3 is 0 Å². The topological polar surface area (TPSA) is 178 Å². The van der Waals surface area contributed by atoms with Gasteiger partial charge in [-0.3, -0.25) is 10.4 Å². The number of hydrogen-bond donors (Lipinski definition) is 2. The van der Waals surface area contributed by atoms with Crippen LogP contribution in [0, 0.1) is 0 Å². The summed E-state index contributed by atoms with van der Waals surface area (Å²) in [5.41, 5.74) is -1.44. The molecular weight excluding hydrogens is 728 g/mol. The number of primary sulfonamides is 1. The molecule has 0 fully saturated rings. The van der Waals surface area contributed by atoms with Gasteiger partial charge in [-0.05, 0) is 77.4 Å². The van der Waals surface area contributed by atoms with Crippen molar-refractivity contribution in [2.45, 2.75) is 31.3 Å². The van der Waals surface area contributed by atoms with E-state index in [1.165, 1.54) is 72.8 Å². The van der Waals surface area contributed by atoms with Crippen LogP contribution in [-0.4, -0.2) is 58.6 Å². The first-order chi connectivity index (χ1) is 22.4. The predicted octanol–water partition coefficient (Wildman–Crippen LogP) is 3.79. The number of allylic oxidation sites excluding steroid dienone is 1. The zero-order chi connectivity index (χ0) is 36.4. The molecule has 0 aromatic heterocycles. The van der Waals surface area contributed by atoms with Crippen LogP contribution in [-0.2, 0) is 45.1 Å². The van der Waals surface area contributed by atoms with E-state index in [0.29, 0.717) is 0 Å². The molecule has 0 spiro atoms. The first-order valence-electron chi connectivity index (χ1n) is 13.9. The van der Waals surface area contributed by atoms with Crippen LogP contribution >= 0.6 is 0 Å². The van der Waals surface area contributed by atoms with E-state index in [4.69, 9.17) is 5.14 Å². The fraction of sp³-hybridized carbons (Fsp3) is 0.161. The summed E-state index contributed by atoms with van der Waals surface area (Å²) in [5, 5.41) is 6.41. The molecule has 1 aliphatic heterocycles. The number of alkyl halides is 3. The minimum atomic E-state index is -5.09. The number of nitrogens with zero attached hydrogens (tertiary/aromatic N) is 1. The Morgan fingerprint density at radius 3 is 1.27 bits per heavy atom. The van der Waals surface area contributed by atoms with Crippen LogP contribution in [0.15, 0.2) is 122 Å². The van der Waals surface area contributed by atoms with Gasteiger partial charge in [0, 0.05) is 24.3 Å². The van der Waals surface area contributed by atoms with Crippen molar-refractivity contribution in [2.75, 3.05) is 23.8 Å². The average Bonchev–Trinajstić information content (AvgIpc) is 3.37. The summed E-state index contributed by atoms with van der Waals surface area (Å²) in [6.45, 7) is 0.